The number of rotatable bonds is 1. The summed E-state index contributed by atoms with van der Waals surface area (Å²) in [5.41, 5.74) is 6.27. The zero-order valence-corrected chi connectivity index (χ0v) is 10.9. The van der Waals surface area contributed by atoms with Crippen LogP contribution in [-0.4, -0.2) is 38.2 Å². The molecule has 0 spiro atoms. The van der Waals surface area contributed by atoms with Gasteiger partial charge in [-0.3, -0.25) is 4.79 Å². The molecule has 1 amide bonds. The van der Waals surface area contributed by atoms with E-state index >= 15 is 0 Å². The van der Waals surface area contributed by atoms with E-state index < -0.39 is 0 Å². The summed E-state index contributed by atoms with van der Waals surface area (Å²) < 4.78 is 2.02. The highest BCUT2D eigenvalue weighted by Crippen LogP contribution is 2.48. The van der Waals surface area contributed by atoms with Crippen LogP contribution in [0.4, 0.5) is 0 Å². The molecule has 4 atom stereocenters. The SMILES string of the molecule is NC1C2CCC(C2)C1C(=O)N1CCn2cnnc2C1. The Balaban J connectivity index is 1.53. The first-order valence-electron chi connectivity index (χ1n) is 7.15. The van der Waals surface area contributed by atoms with Crippen molar-refractivity contribution in [2.45, 2.75) is 38.4 Å². The van der Waals surface area contributed by atoms with Gasteiger partial charge in [0.05, 0.1) is 12.5 Å². The summed E-state index contributed by atoms with van der Waals surface area (Å²) in [6.07, 6.45) is 5.28. The molecule has 0 saturated heterocycles. The minimum Gasteiger partial charge on any atom is -0.333 e. The third-order valence-electron chi connectivity index (χ3n) is 5.22. The number of aromatic nitrogens is 3. The monoisotopic (exact) mass is 261 g/mol. The first-order valence-corrected chi connectivity index (χ1v) is 7.15. The maximum absolute atomic E-state index is 12.7. The molecular formula is C13H19N5O. The molecule has 2 bridgehead atoms. The van der Waals surface area contributed by atoms with Crippen molar-refractivity contribution in [3.8, 4) is 0 Å². The van der Waals surface area contributed by atoms with Gasteiger partial charge < -0.3 is 15.2 Å². The van der Waals surface area contributed by atoms with Crippen LogP contribution >= 0.6 is 0 Å². The van der Waals surface area contributed by atoms with Gasteiger partial charge in [0.25, 0.3) is 0 Å². The minimum absolute atomic E-state index is 0.0493. The number of hydrogen-bond donors (Lipinski definition) is 1. The zero-order chi connectivity index (χ0) is 13.0. The number of fused-ring (bicyclic) bond motifs is 3. The molecule has 2 fully saturated rings. The second kappa shape index (κ2) is 4.03. The molecule has 6 heteroatoms. The van der Waals surface area contributed by atoms with Gasteiger partial charge in [-0.05, 0) is 31.1 Å². The Morgan fingerprint density at radius 2 is 2.16 bits per heavy atom. The number of amides is 1. The van der Waals surface area contributed by atoms with Crippen LogP contribution in [0.3, 0.4) is 0 Å². The Morgan fingerprint density at radius 1 is 1.32 bits per heavy atom. The summed E-state index contributed by atoms with van der Waals surface area (Å²) >= 11 is 0. The van der Waals surface area contributed by atoms with Crippen molar-refractivity contribution in [1.29, 1.82) is 0 Å². The molecule has 2 saturated carbocycles. The van der Waals surface area contributed by atoms with E-state index in [1.54, 1.807) is 6.33 Å². The van der Waals surface area contributed by atoms with Gasteiger partial charge in [0.1, 0.15) is 6.33 Å². The van der Waals surface area contributed by atoms with Crippen LogP contribution in [0, 0.1) is 17.8 Å². The first kappa shape index (κ1) is 11.4. The molecule has 1 aromatic heterocycles. The van der Waals surface area contributed by atoms with Gasteiger partial charge in [-0.1, -0.05) is 0 Å². The van der Waals surface area contributed by atoms with E-state index in [0.29, 0.717) is 18.4 Å². The van der Waals surface area contributed by atoms with Crippen LogP contribution in [0.2, 0.25) is 0 Å². The molecule has 1 aromatic rings. The molecule has 19 heavy (non-hydrogen) atoms. The predicted molar refractivity (Wildman–Crippen MR) is 67.7 cm³/mol. The molecule has 2 heterocycles. The third-order valence-corrected chi connectivity index (χ3v) is 5.22. The molecule has 102 valence electrons. The molecule has 0 radical (unpaired) electrons. The van der Waals surface area contributed by atoms with Crippen LogP contribution in [0.1, 0.15) is 25.1 Å². The van der Waals surface area contributed by atoms with E-state index in [0.717, 1.165) is 25.3 Å². The Labute approximate surface area is 112 Å². The van der Waals surface area contributed by atoms with Crippen LogP contribution in [0.25, 0.3) is 0 Å². The second-order valence-electron chi connectivity index (χ2n) is 6.14. The van der Waals surface area contributed by atoms with Crippen molar-refractivity contribution in [2.24, 2.45) is 23.5 Å². The van der Waals surface area contributed by atoms with Gasteiger partial charge in [-0.2, -0.15) is 0 Å². The summed E-state index contributed by atoms with van der Waals surface area (Å²) in [4.78, 5) is 14.6. The van der Waals surface area contributed by atoms with Crippen molar-refractivity contribution in [3.63, 3.8) is 0 Å². The van der Waals surface area contributed by atoms with E-state index in [9.17, 15) is 4.79 Å². The predicted octanol–water partition coefficient (Wildman–Crippen LogP) is -0.00630. The summed E-state index contributed by atoms with van der Waals surface area (Å²) in [6, 6.07) is 0.0750. The van der Waals surface area contributed by atoms with Gasteiger partial charge in [-0.25, -0.2) is 0 Å². The van der Waals surface area contributed by atoms with Gasteiger partial charge in [0.15, 0.2) is 5.82 Å². The Morgan fingerprint density at radius 3 is 2.95 bits per heavy atom. The average molecular weight is 261 g/mol. The molecule has 2 aliphatic carbocycles. The summed E-state index contributed by atoms with van der Waals surface area (Å²) in [7, 11) is 0. The van der Waals surface area contributed by atoms with Crippen molar-refractivity contribution < 1.29 is 4.79 Å². The maximum Gasteiger partial charge on any atom is 0.228 e. The summed E-state index contributed by atoms with van der Waals surface area (Å²) in [6.45, 7) is 2.13. The van der Waals surface area contributed by atoms with Gasteiger partial charge in [0.2, 0.25) is 5.91 Å². The van der Waals surface area contributed by atoms with Crippen LogP contribution in [0.5, 0.6) is 0 Å². The standard InChI is InChI=1S/C13H19N5O/c14-12-9-2-1-8(5-9)11(12)13(19)17-3-4-18-7-15-16-10(18)6-17/h7-9,11-12H,1-6,14H2. The molecule has 3 aliphatic rings. The van der Waals surface area contributed by atoms with Crippen LogP contribution < -0.4 is 5.73 Å². The quantitative estimate of drug-likeness (QED) is 0.771. The van der Waals surface area contributed by atoms with Crippen molar-refractivity contribution in [1.82, 2.24) is 19.7 Å². The molecule has 2 N–H and O–H groups in total. The van der Waals surface area contributed by atoms with E-state index in [1.807, 2.05) is 9.47 Å². The van der Waals surface area contributed by atoms with Crippen molar-refractivity contribution >= 4 is 5.91 Å². The molecular weight excluding hydrogens is 242 g/mol. The maximum atomic E-state index is 12.7. The highest BCUT2D eigenvalue weighted by molar-refractivity contribution is 5.80. The number of nitrogens with two attached hydrogens (primary N) is 1. The second-order valence-corrected chi connectivity index (χ2v) is 6.14. The van der Waals surface area contributed by atoms with Crippen molar-refractivity contribution in [3.05, 3.63) is 12.2 Å². The fourth-order valence-electron chi connectivity index (χ4n) is 4.17. The van der Waals surface area contributed by atoms with Crippen LogP contribution in [0.15, 0.2) is 6.33 Å². The smallest absolute Gasteiger partial charge is 0.228 e. The molecule has 6 nitrogen and oxygen atoms in total. The number of nitrogens with zero attached hydrogens (tertiary/aromatic N) is 4. The van der Waals surface area contributed by atoms with E-state index in [4.69, 9.17) is 5.73 Å². The van der Waals surface area contributed by atoms with E-state index in [1.165, 1.54) is 12.8 Å². The van der Waals surface area contributed by atoms with Gasteiger partial charge >= 0.3 is 0 Å². The van der Waals surface area contributed by atoms with E-state index in [2.05, 4.69) is 10.2 Å². The topological polar surface area (TPSA) is 77.0 Å². The lowest BCUT2D eigenvalue weighted by Gasteiger charge is -2.34. The van der Waals surface area contributed by atoms with Crippen LogP contribution in [-0.2, 0) is 17.9 Å². The Hall–Kier alpha value is -1.43. The lowest BCUT2D eigenvalue weighted by molar-refractivity contribution is -0.139. The van der Waals surface area contributed by atoms with E-state index in [-0.39, 0.29) is 17.9 Å². The highest BCUT2D eigenvalue weighted by Gasteiger charge is 2.50. The molecule has 4 unspecified atom stereocenters. The number of hydrogen-bond acceptors (Lipinski definition) is 4. The Kier molecular flexibility index (Phi) is 2.42. The van der Waals surface area contributed by atoms with Crippen molar-refractivity contribution in [2.75, 3.05) is 6.54 Å². The largest absolute Gasteiger partial charge is 0.333 e. The van der Waals surface area contributed by atoms with Gasteiger partial charge in [-0.15, -0.1) is 10.2 Å². The highest BCUT2D eigenvalue weighted by atomic mass is 16.2. The lowest BCUT2D eigenvalue weighted by atomic mass is 9.84. The third kappa shape index (κ3) is 1.62. The normalized spacial score (nSPS) is 36.6. The number of carbonyl (C=O) groups excluding carboxylic acids is 1. The fourth-order valence-corrected chi connectivity index (χ4v) is 4.17. The minimum atomic E-state index is 0.0493. The lowest BCUT2D eigenvalue weighted by Crippen LogP contribution is -2.49. The summed E-state index contributed by atoms with van der Waals surface area (Å²) in [5.74, 6) is 2.28. The molecule has 0 aromatic carbocycles. The molecule has 1 aliphatic heterocycles. The number of carbonyl (C=O) groups is 1. The fraction of sp³-hybridized carbons (Fsp3) is 0.769. The van der Waals surface area contributed by atoms with Gasteiger partial charge in [0, 0.05) is 19.1 Å². The zero-order valence-electron chi connectivity index (χ0n) is 10.9. The molecule has 4 rings (SSSR count). The summed E-state index contributed by atoms with van der Waals surface area (Å²) in [5, 5.41) is 7.97. The first-order chi connectivity index (χ1) is 9.24. The Bertz CT molecular complexity index is 511. The average Bonchev–Trinajstić information content (AvgIpc) is 3.12.